The Morgan fingerprint density at radius 2 is 2.17 bits per heavy atom. The van der Waals surface area contributed by atoms with Crippen molar-refractivity contribution in [3.63, 3.8) is 0 Å². The third-order valence-corrected chi connectivity index (χ3v) is 5.34. The van der Waals surface area contributed by atoms with Crippen LogP contribution in [0.1, 0.15) is 20.3 Å². The summed E-state index contributed by atoms with van der Waals surface area (Å²) in [6.45, 7) is 5.42. The Morgan fingerprint density at radius 3 is 2.79 bits per heavy atom. The molecule has 1 aliphatic heterocycles. The van der Waals surface area contributed by atoms with Gasteiger partial charge in [-0.1, -0.05) is 48.8 Å². The lowest BCUT2D eigenvalue weighted by atomic mass is 10.2. The van der Waals surface area contributed by atoms with Crippen molar-refractivity contribution in [1.29, 1.82) is 0 Å². The van der Waals surface area contributed by atoms with Crippen molar-refractivity contribution in [3.05, 3.63) is 28.2 Å². The molecule has 1 aliphatic rings. The average Bonchev–Trinajstić information content (AvgIpc) is 3.07. The quantitative estimate of drug-likeness (QED) is 0.717. The van der Waals surface area contributed by atoms with Gasteiger partial charge < -0.3 is 9.30 Å². The highest BCUT2D eigenvalue weighted by Gasteiger charge is 2.30. The lowest BCUT2D eigenvalue weighted by Gasteiger charge is -2.14. The van der Waals surface area contributed by atoms with E-state index < -0.39 is 0 Å². The van der Waals surface area contributed by atoms with Gasteiger partial charge in [-0.3, -0.25) is 4.79 Å². The Hall–Kier alpha value is -1.24. The maximum Gasteiger partial charge on any atom is 0.319 e. The molecule has 1 aromatic carbocycles. The van der Waals surface area contributed by atoms with Gasteiger partial charge in [0.1, 0.15) is 5.25 Å². The fourth-order valence-corrected chi connectivity index (χ4v) is 3.99. The number of ether oxygens (including phenoxy) is 1. The van der Waals surface area contributed by atoms with Crippen LogP contribution < -0.4 is 0 Å². The molecule has 3 rings (SSSR count). The smallest absolute Gasteiger partial charge is 0.319 e. The second-order valence-electron chi connectivity index (χ2n) is 6.00. The number of halogens is 2. The van der Waals surface area contributed by atoms with Crippen LogP contribution in [0.5, 0.6) is 0 Å². The lowest BCUT2D eigenvalue weighted by molar-refractivity contribution is -0.137. The van der Waals surface area contributed by atoms with E-state index >= 15 is 0 Å². The summed E-state index contributed by atoms with van der Waals surface area (Å²) < 4.78 is 7.04. The van der Waals surface area contributed by atoms with E-state index in [1.54, 1.807) is 12.1 Å². The van der Waals surface area contributed by atoms with Crippen LogP contribution in [0, 0.1) is 5.92 Å². The minimum atomic E-state index is -0.228. The molecular weight excluding hydrogens is 369 g/mol. The van der Waals surface area contributed by atoms with Crippen LogP contribution in [0.2, 0.25) is 10.0 Å². The Labute approximate surface area is 154 Å². The summed E-state index contributed by atoms with van der Waals surface area (Å²) in [6.07, 6.45) is 0.690. The minimum absolute atomic E-state index is 0.190. The predicted octanol–water partition coefficient (Wildman–Crippen LogP) is 4.32. The Morgan fingerprint density at radius 1 is 1.38 bits per heavy atom. The molecule has 0 spiro atoms. The lowest BCUT2D eigenvalue weighted by Crippen LogP contribution is -2.13. The van der Waals surface area contributed by atoms with Crippen molar-refractivity contribution in [3.8, 4) is 11.4 Å². The van der Waals surface area contributed by atoms with Gasteiger partial charge in [0.15, 0.2) is 11.0 Å². The van der Waals surface area contributed by atoms with Crippen LogP contribution >= 0.6 is 35.0 Å². The molecular formula is C16H17Cl2N3O2S. The number of carbonyl (C=O) groups excluding carboxylic acids is 1. The number of hydrogen-bond acceptors (Lipinski definition) is 5. The molecule has 1 fully saturated rings. The zero-order valence-corrected chi connectivity index (χ0v) is 15.7. The molecule has 2 heterocycles. The van der Waals surface area contributed by atoms with Gasteiger partial charge in [-0.2, -0.15) is 0 Å². The van der Waals surface area contributed by atoms with E-state index in [9.17, 15) is 4.79 Å². The van der Waals surface area contributed by atoms with Gasteiger partial charge in [0, 0.05) is 23.6 Å². The van der Waals surface area contributed by atoms with Gasteiger partial charge in [-0.15, -0.1) is 10.2 Å². The molecule has 0 N–H and O–H groups in total. The predicted molar refractivity (Wildman–Crippen MR) is 95.5 cm³/mol. The van der Waals surface area contributed by atoms with Crippen molar-refractivity contribution in [2.45, 2.75) is 37.2 Å². The number of rotatable bonds is 5. The third-order valence-electron chi connectivity index (χ3n) is 3.57. The molecule has 0 bridgehead atoms. The van der Waals surface area contributed by atoms with Crippen LogP contribution in [0.25, 0.3) is 11.4 Å². The molecule has 5 nitrogen and oxygen atoms in total. The van der Waals surface area contributed by atoms with Gasteiger partial charge in [-0.25, -0.2) is 0 Å². The minimum Gasteiger partial charge on any atom is -0.465 e. The van der Waals surface area contributed by atoms with Crippen LogP contribution in [0.15, 0.2) is 23.4 Å². The molecule has 0 unspecified atom stereocenters. The number of nitrogens with zero attached hydrogens (tertiary/aromatic N) is 3. The SMILES string of the molecule is CC(C)Cn1c(S[C@@H]2CCOC2=O)nnc1-c1ccc(Cl)cc1Cl. The molecule has 128 valence electrons. The van der Waals surface area contributed by atoms with Crippen LogP contribution in [-0.2, 0) is 16.1 Å². The molecule has 1 saturated heterocycles. The van der Waals surface area contributed by atoms with E-state index in [0.29, 0.717) is 40.0 Å². The van der Waals surface area contributed by atoms with Crippen molar-refractivity contribution < 1.29 is 9.53 Å². The van der Waals surface area contributed by atoms with E-state index in [4.69, 9.17) is 27.9 Å². The Balaban J connectivity index is 1.98. The fraction of sp³-hybridized carbons (Fsp3) is 0.438. The maximum atomic E-state index is 11.7. The molecule has 24 heavy (non-hydrogen) atoms. The van der Waals surface area contributed by atoms with Crippen LogP contribution in [0.3, 0.4) is 0 Å². The standard InChI is InChI=1S/C16H17Cl2N3O2S/c1-9(2)8-21-14(11-4-3-10(17)7-12(11)18)19-20-16(21)24-13-5-6-23-15(13)22/h3-4,7,9,13H,5-6,8H2,1-2H3/t13-/m1/s1. The maximum absolute atomic E-state index is 11.7. The van der Waals surface area contributed by atoms with Crippen molar-refractivity contribution in [2.75, 3.05) is 6.61 Å². The third kappa shape index (κ3) is 3.71. The summed E-state index contributed by atoms with van der Waals surface area (Å²) in [5.41, 5.74) is 0.773. The second-order valence-corrected chi connectivity index (χ2v) is 8.01. The van der Waals surface area contributed by atoms with Gasteiger partial charge in [0.05, 0.1) is 11.6 Å². The number of aromatic nitrogens is 3. The number of esters is 1. The van der Waals surface area contributed by atoms with Gasteiger partial charge >= 0.3 is 5.97 Å². The first-order chi connectivity index (χ1) is 11.5. The van der Waals surface area contributed by atoms with Crippen molar-refractivity contribution >= 4 is 40.9 Å². The topological polar surface area (TPSA) is 57.0 Å². The summed E-state index contributed by atoms with van der Waals surface area (Å²) in [5, 5.41) is 10.2. The summed E-state index contributed by atoms with van der Waals surface area (Å²) in [5.74, 6) is 0.880. The molecule has 0 saturated carbocycles. The highest BCUT2D eigenvalue weighted by Crippen LogP contribution is 2.34. The van der Waals surface area contributed by atoms with Crippen molar-refractivity contribution in [1.82, 2.24) is 14.8 Å². The molecule has 0 amide bonds. The molecule has 0 radical (unpaired) electrons. The number of cyclic esters (lactones) is 1. The first-order valence-corrected chi connectivity index (χ1v) is 9.31. The fourth-order valence-electron chi connectivity index (χ4n) is 2.49. The van der Waals surface area contributed by atoms with Gasteiger partial charge in [0.2, 0.25) is 0 Å². The normalized spacial score (nSPS) is 17.5. The van der Waals surface area contributed by atoms with E-state index in [0.717, 1.165) is 12.1 Å². The summed E-state index contributed by atoms with van der Waals surface area (Å²) in [7, 11) is 0. The van der Waals surface area contributed by atoms with E-state index in [1.807, 2.05) is 10.6 Å². The highest BCUT2D eigenvalue weighted by molar-refractivity contribution is 8.00. The highest BCUT2D eigenvalue weighted by atomic mass is 35.5. The number of carbonyl (C=O) groups is 1. The number of thioether (sulfide) groups is 1. The molecule has 8 heteroatoms. The summed E-state index contributed by atoms with van der Waals surface area (Å²) in [4.78, 5) is 11.7. The number of hydrogen-bond donors (Lipinski definition) is 0. The first-order valence-electron chi connectivity index (χ1n) is 7.67. The van der Waals surface area contributed by atoms with Crippen LogP contribution in [-0.4, -0.2) is 32.6 Å². The average molecular weight is 386 g/mol. The van der Waals surface area contributed by atoms with Crippen LogP contribution in [0.4, 0.5) is 0 Å². The van der Waals surface area contributed by atoms with Crippen molar-refractivity contribution in [2.24, 2.45) is 5.92 Å². The zero-order valence-electron chi connectivity index (χ0n) is 13.3. The molecule has 1 atom stereocenters. The van der Waals surface area contributed by atoms with E-state index in [1.165, 1.54) is 11.8 Å². The van der Waals surface area contributed by atoms with Gasteiger partial charge in [0.25, 0.3) is 0 Å². The molecule has 2 aromatic rings. The summed E-state index contributed by atoms with van der Waals surface area (Å²) >= 11 is 13.7. The monoisotopic (exact) mass is 385 g/mol. The number of benzene rings is 1. The van der Waals surface area contributed by atoms with Gasteiger partial charge in [-0.05, 0) is 24.1 Å². The first kappa shape index (κ1) is 17.6. The Bertz CT molecular complexity index is 764. The zero-order chi connectivity index (χ0) is 17.3. The largest absolute Gasteiger partial charge is 0.465 e. The molecule has 1 aromatic heterocycles. The molecule has 0 aliphatic carbocycles. The Kier molecular flexibility index (Phi) is 5.37. The van der Waals surface area contributed by atoms with E-state index in [-0.39, 0.29) is 11.2 Å². The van der Waals surface area contributed by atoms with E-state index in [2.05, 4.69) is 24.0 Å². The summed E-state index contributed by atoms with van der Waals surface area (Å²) in [6, 6.07) is 5.30. The second kappa shape index (κ2) is 7.33.